The van der Waals surface area contributed by atoms with Crippen molar-refractivity contribution in [2.24, 2.45) is 11.8 Å². The van der Waals surface area contributed by atoms with E-state index in [-0.39, 0.29) is 11.7 Å². The summed E-state index contributed by atoms with van der Waals surface area (Å²) in [7, 11) is 0. The van der Waals surface area contributed by atoms with Gasteiger partial charge in [0, 0.05) is 6.61 Å². The average Bonchev–Trinajstić information content (AvgIpc) is 3.06. The molecule has 1 unspecified atom stereocenters. The molecule has 0 radical (unpaired) electrons. The van der Waals surface area contributed by atoms with E-state index < -0.39 is 0 Å². The van der Waals surface area contributed by atoms with Crippen molar-refractivity contribution in [2.75, 3.05) is 6.61 Å². The minimum absolute atomic E-state index is 0.205. The summed E-state index contributed by atoms with van der Waals surface area (Å²) < 4.78 is 5.96. The summed E-state index contributed by atoms with van der Waals surface area (Å²) in [5, 5.41) is 10.4. The number of aliphatic hydroxyl groups excluding tert-OH is 1. The van der Waals surface area contributed by atoms with Crippen molar-refractivity contribution in [3.05, 3.63) is 0 Å². The van der Waals surface area contributed by atoms with Crippen molar-refractivity contribution < 1.29 is 9.84 Å². The SMILES string of the molecule is CCOC1(C(O)CC2CC2)CCC(C)CC1. The highest BCUT2D eigenvalue weighted by molar-refractivity contribution is 4.95. The third-order valence-electron chi connectivity index (χ3n) is 4.41. The largest absolute Gasteiger partial charge is 0.390 e. The van der Waals surface area contributed by atoms with Crippen LogP contribution >= 0.6 is 0 Å². The Morgan fingerprint density at radius 1 is 1.25 bits per heavy atom. The van der Waals surface area contributed by atoms with Crippen LogP contribution in [0, 0.1) is 11.8 Å². The molecule has 0 aliphatic heterocycles. The molecule has 0 spiro atoms. The maximum absolute atomic E-state index is 10.4. The van der Waals surface area contributed by atoms with Gasteiger partial charge in [0.15, 0.2) is 0 Å². The van der Waals surface area contributed by atoms with Crippen molar-refractivity contribution in [1.29, 1.82) is 0 Å². The molecular weight excluding hydrogens is 200 g/mol. The van der Waals surface area contributed by atoms with Crippen LogP contribution < -0.4 is 0 Å². The van der Waals surface area contributed by atoms with Gasteiger partial charge in [-0.15, -0.1) is 0 Å². The second-order valence-electron chi connectivity index (χ2n) is 5.88. The fourth-order valence-electron chi connectivity index (χ4n) is 3.00. The molecule has 1 N–H and O–H groups in total. The molecule has 0 bridgehead atoms. The normalized spacial score (nSPS) is 37.3. The van der Waals surface area contributed by atoms with Crippen molar-refractivity contribution >= 4 is 0 Å². The number of ether oxygens (including phenoxy) is 1. The summed E-state index contributed by atoms with van der Waals surface area (Å²) in [5.74, 6) is 1.59. The zero-order valence-electron chi connectivity index (χ0n) is 10.7. The molecule has 0 heterocycles. The quantitative estimate of drug-likeness (QED) is 0.780. The second-order valence-corrected chi connectivity index (χ2v) is 5.88. The van der Waals surface area contributed by atoms with Gasteiger partial charge in [0.2, 0.25) is 0 Å². The lowest BCUT2D eigenvalue weighted by Gasteiger charge is -2.42. The molecule has 94 valence electrons. The molecule has 0 saturated heterocycles. The summed E-state index contributed by atoms with van der Waals surface area (Å²) in [6, 6.07) is 0. The number of aliphatic hydroxyl groups is 1. The summed E-state index contributed by atoms with van der Waals surface area (Å²) in [4.78, 5) is 0. The van der Waals surface area contributed by atoms with Crippen LogP contribution in [0.25, 0.3) is 0 Å². The summed E-state index contributed by atoms with van der Waals surface area (Å²) >= 11 is 0. The molecule has 2 heteroatoms. The van der Waals surface area contributed by atoms with E-state index in [1.807, 2.05) is 6.92 Å². The molecule has 1 atom stereocenters. The van der Waals surface area contributed by atoms with Crippen LogP contribution in [0.3, 0.4) is 0 Å². The third-order valence-corrected chi connectivity index (χ3v) is 4.41. The molecule has 2 nitrogen and oxygen atoms in total. The van der Waals surface area contributed by atoms with E-state index >= 15 is 0 Å². The first-order valence-corrected chi connectivity index (χ1v) is 6.98. The average molecular weight is 226 g/mol. The maximum atomic E-state index is 10.4. The topological polar surface area (TPSA) is 29.5 Å². The van der Waals surface area contributed by atoms with Crippen LogP contribution in [0.4, 0.5) is 0 Å². The predicted molar refractivity (Wildman–Crippen MR) is 65.3 cm³/mol. The number of hydrogen-bond acceptors (Lipinski definition) is 2. The first-order chi connectivity index (χ1) is 7.66. The Hall–Kier alpha value is -0.0800. The fourth-order valence-corrected chi connectivity index (χ4v) is 3.00. The first kappa shape index (κ1) is 12.4. The van der Waals surface area contributed by atoms with Crippen LogP contribution in [-0.4, -0.2) is 23.4 Å². The van der Waals surface area contributed by atoms with Gasteiger partial charge in [0.05, 0.1) is 11.7 Å². The van der Waals surface area contributed by atoms with E-state index in [9.17, 15) is 5.11 Å². The van der Waals surface area contributed by atoms with Gasteiger partial charge in [0.1, 0.15) is 0 Å². The van der Waals surface area contributed by atoms with Gasteiger partial charge in [-0.05, 0) is 50.9 Å². The molecule has 0 aromatic carbocycles. The maximum Gasteiger partial charge on any atom is 0.0940 e. The van der Waals surface area contributed by atoms with Crippen LogP contribution in [0.15, 0.2) is 0 Å². The van der Waals surface area contributed by atoms with Gasteiger partial charge in [-0.25, -0.2) is 0 Å². The van der Waals surface area contributed by atoms with Gasteiger partial charge in [0.25, 0.3) is 0 Å². The lowest BCUT2D eigenvalue weighted by Crippen LogP contribution is -2.47. The Morgan fingerprint density at radius 3 is 2.38 bits per heavy atom. The van der Waals surface area contributed by atoms with E-state index in [0.717, 1.165) is 37.7 Å². The summed E-state index contributed by atoms with van der Waals surface area (Å²) in [5.41, 5.74) is -0.205. The van der Waals surface area contributed by atoms with Gasteiger partial charge >= 0.3 is 0 Å². The van der Waals surface area contributed by atoms with Gasteiger partial charge in [-0.2, -0.15) is 0 Å². The van der Waals surface area contributed by atoms with Crippen molar-refractivity contribution in [2.45, 2.75) is 70.5 Å². The molecule has 2 rings (SSSR count). The lowest BCUT2D eigenvalue weighted by atomic mass is 9.75. The minimum atomic E-state index is -0.229. The van der Waals surface area contributed by atoms with Crippen LogP contribution in [0.5, 0.6) is 0 Å². The molecule has 2 aliphatic rings. The lowest BCUT2D eigenvalue weighted by molar-refractivity contribution is -0.147. The minimum Gasteiger partial charge on any atom is -0.390 e. The summed E-state index contributed by atoms with van der Waals surface area (Å²) in [6.07, 6.45) is 7.89. The zero-order chi connectivity index (χ0) is 11.6. The molecule has 0 amide bonds. The monoisotopic (exact) mass is 226 g/mol. The van der Waals surface area contributed by atoms with Gasteiger partial charge < -0.3 is 9.84 Å². The van der Waals surface area contributed by atoms with Crippen molar-refractivity contribution in [3.63, 3.8) is 0 Å². The number of hydrogen-bond donors (Lipinski definition) is 1. The Kier molecular flexibility index (Phi) is 3.91. The Labute approximate surface area is 99.4 Å². The van der Waals surface area contributed by atoms with E-state index in [2.05, 4.69) is 6.92 Å². The highest BCUT2D eigenvalue weighted by Crippen LogP contribution is 2.42. The molecule has 2 aliphatic carbocycles. The zero-order valence-corrected chi connectivity index (χ0v) is 10.7. The van der Waals surface area contributed by atoms with Crippen LogP contribution in [0.1, 0.15) is 58.8 Å². The first-order valence-electron chi connectivity index (χ1n) is 6.98. The summed E-state index contributed by atoms with van der Waals surface area (Å²) in [6.45, 7) is 5.09. The Bertz CT molecular complexity index is 215. The van der Waals surface area contributed by atoms with Gasteiger partial charge in [-0.1, -0.05) is 19.8 Å². The Morgan fingerprint density at radius 2 is 1.88 bits per heavy atom. The highest BCUT2D eigenvalue weighted by atomic mass is 16.5. The highest BCUT2D eigenvalue weighted by Gasteiger charge is 2.43. The molecule has 2 saturated carbocycles. The molecule has 2 fully saturated rings. The smallest absolute Gasteiger partial charge is 0.0940 e. The van der Waals surface area contributed by atoms with E-state index in [0.29, 0.717) is 0 Å². The standard InChI is InChI=1S/C14H26O2/c1-3-16-14(8-6-11(2)7-9-14)13(15)10-12-4-5-12/h11-13,15H,3-10H2,1-2H3. The molecular formula is C14H26O2. The van der Waals surface area contributed by atoms with E-state index in [1.54, 1.807) is 0 Å². The Balaban J connectivity index is 1.95. The molecule has 0 aromatic heterocycles. The molecule has 16 heavy (non-hydrogen) atoms. The molecule has 0 aromatic rings. The third kappa shape index (κ3) is 2.78. The van der Waals surface area contributed by atoms with Crippen molar-refractivity contribution in [1.82, 2.24) is 0 Å². The van der Waals surface area contributed by atoms with Crippen molar-refractivity contribution in [3.8, 4) is 0 Å². The van der Waals surface area contributed by atoms with Crippen LogP contribution in [-0.2, 0) is 4.74 Å². The predicted octanol–water partition coefficient (Wildman–Crippen LogP) is 3.13. The van der Waals surface area contributed by atoms with Gasteiger partial charge in [-0.3, -0.25) is 0 Å². The fraction of sp³-hybridized carbons (Fsp3) is 1.00. The van der Waals surface area contributed by atoms with Crippen LogP contribution in [0.2, 0.25) is 0 Å². The van der Waals surface area contributed by atoms with E-state index in [4.69, 9.17) is 4.74 Å². The number of rotatable bonds is 5. The van der Waals surface area contributed by atoms with E-state index in [1.165, 1.54) is 25.7 Å². The second kappa shape index (κ2) is 5.05.